The van der Waals surface area contributed by atoms with E-state index in [2.05, 4.69) is 10.6 Å². The average molecular weight is 331 g/mol. The molecule has 1 aliphatic heterocycles. The Morgan fingerprint density at radius 3 is 2.71 bits per heavy atom. The molecule has 1 aromatic heterocycles. The molecule has 0 saturated carbocycles. The second-order valence-corrected chi connectivity index (χ2v) is 6.82. The topological polar surface area (TPSA) is 58.2 Å². The van der Waals surface area contributed by atoms with Crippen LogP contribution >= 0.6 is 23.7 Å². The number of amides is 1. The van der Waals surface area contributed by atoms with Crippen LogP contribution in [0.2, 0.25) is 0 Å². The summed E-state index contributed by atoms with van der Waals surface area (Å²) in [6.07, 6.45) is 2.69. The van der Waals surface area contributed by atoms with Crippen LogP contribution in [-0.2, 0) is 4.79 Å². The van der Waals surface area contributed by atoms with Crippen LogP contribution in [0.3, 0.4) is 0 Å². The van der Waals surface area contributed by atoms with E-state index >= 15 is 0 Å². The van der Waals surface area contributed by atoms with Crippen LogP contribution in [0.5, 0.6) is 0 Å². The van der Waals surface area contributed by atoms with Crippen molar-refractivity contribution in [2.75, 3.05) is 13.1 Å². The highest BCUT2D eigenvalue weighted by atomic mass is 35.5. The van der Waals surface area contributed by atoms with Crippen LogP contribution in [-0.4, -0.2) is 30.8 Å². The van der Waals surface area contributed by atoms with Crippen molar-refractivity contribution in [3.05, 3.63) is 21.4 Å². The lowest BCUT2D eigenvalue weighted by molar-refractivity contribution is -0.121. The predicted octanol–water partition coefficient (Wildman–Crippen LogP) is 2.62. The van der Waals surface area contributed by atoms with Gasteiger partial charge in [-0.3, -0.25) is 9.59 Å². The number of piperidine rings is 1. The first-order valence-corrected chi connectivity index (χ1v) is 7.98. The van der Waals surface area contributed by atoms with E-state index in [4.69, 9.17) is 0 Å². The molecule has 0 unspecified atom stereocenters. The number of ketones is 1. The van der Waals surface area contributed by atoms with E-state index in [-0.39, 0.29) is 36.6 Å². The fraction of sp³-hybridized carbons (Fsp3) is 0.600. The van der Waals surface area contributed by atoms with E-state index in [1.807, 2.05) is 19.9 Å². The van der Waals surface area contributed by atoms with Gasteiger partial charge in [0.2, 0.25) is 5.91 Å². The number of hydrogen-bond donors (Lipinski definition) is 2. The number of rotatable bonds is 5. The summed E-state index contributed by atoms with van der Waals surface area (Å²) in [4.78, 5) is 26.1. The van der Waals surface area contributed by atoms with Crippen LogP contribution in [0.25, 0.3) is 0 Å². The number of aryl methyl sites for hydroxylation is 2. The molecule has 4 nitrogen and oxygen atoms in total. The van der Waals surface area contributed by atoms with Gasteiger partial charge in [0.05, 0.1) is 0 Å². The molecule has 2 N–H and O–H groups in total. The van der Waals surface area contributed by atoms with Gasteiger partial charge in [-0.2, -0.15) is 0 Å². The molecule has 2 rings (SSSR count). The molecule has 0 bridgehead atoms. The third kappa shape index (κ3) is 5.41. The standard InChI is InChI=1S/C15H22N2O2S.ClH/c1-10-8-13(11(2)20-10)14(18)5-6-15(19)17-12-4-3-7-16-9-12;/h8,12,16H,3-7,9H2,1-2H3,(H,17,19);1H/t12-;/m0./s1. The maximum atomic E-state index is 12.1. The molecular formula is C15H23ClN2O2S. The van der Waals surface area contributed by atoms with E-state index in [0.29, 0.717) is 6.42 Å². The monoisotopic (exact) mass is 330 g/mol. The Hall–Kier alpha value is -0.910. The number of carbonyl (C=O) groups is 2. The minimum absolute atomic E-state index is 0. The van der Waals surface area contributed by atoms with Crippen molar-refractivity contribution in [3.63, 3.8) is 0 Å². The van der Waals surface area contributed by atoms with Gasteiger partial charge in [-0.15, -0.1) is 23.7 Å². The van der Waals surface area contributed by atoms with Crippen LogP contribution in [0, 0.1) is 13.8 Å². The van der Waals surface area contributed by atoms with Crippen molar-refractivity contribution < 1.29 is 9.59 Å². The van der Waals surface area contributed by atoms with Gasteiger partial charge in [0, 0.05) is 40.7 Å². The van der Waals surface area contributed by atoms with E-state index in [1.165, 1.54) is 0 Å². The first kappa shape index (κ1) is 18.1. The number of carbonyl (C=O) groups excluding carboxylic acids is 2. The number of Topliss-reactive ketones (excluding diaryl/α,β-unsaturated/α-hetero) is 1. The maximum absolute atomic E-state index is 12.1. The highest BCUT2D eigenvalue weighted by Gasteiger charge is 2.17. The Kier molecular flexibility index (Phi) is 7.35. The third-order valence-corrected chi connectivity index (χ3v) is 4.55. The highest BCUT2D eigenvalue weighted by molar-refractivity contribution is 7.12. The van der Waals surface area contributed by atoms with Gasteiger partial charge in [-0.25, -0.2) is 0 Å². The summed E-state index contributed by atoms with van der Waals surface area (Å²) in [6, 6.07) is 2.14. The van der Waals surface area contributed by atoms with Gasteiger partial charge in [-0.05, 0) is 39.3 Å². The minimum Gasteiger partial charge on any atom is -0.352 e. The summed E-state index contributed by atoms with van der Waals surface area (Å²) >= 11 is 1.63. The molecule has 1 saturated heterocycles. The first-order chi connectivity index (χ1) is 9.56. The number of nitrogens with one attached hydrogen (secondary N) is 2. The van der Waals surface area contributed by atoms with Crippen molar-refractivity contribution in [2.24, 2.45) is 0 Å². The van der Waals surface area contributed by atoms with Crippen molar-refractivity contribution in [1.29, 1.82) is 0 Å². The van der Waals surface area contributed by atoms with Crippen molar-refractivity contribution in [3.8, 4) is 0 Å². The van der Waals surface area contributed by atoms with Crippen molar-refractivity contribution >= 4 is 35.4 Å². The summed E-state index contributed by atoms with van der Waals surface area (Å²) in [6.45, 7) is 5.82. The summed E-state index contributed by atoms with van der Waals surface area (Å²) in [7, 11) is 0. The molecule has 0 spiro atoms. The molecule has 0 radical (unpaired) electrons. The van der Waals surface area contributed by atoms with E-state index < -0.39 is 0 Å². The van der Waals surface area contributed by atoms with Gasteiger partial charge < -0.3 is 10.6 Å². The van der Waals surface area contributed by atoms with Crippen LogP contribution in [0.4, 0.5) is 0 Å². The second-order valence-electron chi connectivity index (χ2n) is 5.36. The SMILES string of the molecule is Cc1cc(C(=O)CCC(=O)N[C@H]2CCCNC2)c(C)s1.Cl. The summed E-state index contributed by atoms with van der Waals surface area (Å²) in [5.74, 6) is 0.0559. The molecule has 6 heteroatoms. The largest absolute Gasteiger partial charge is 0.352 e. The van der Waals surface area contributed by atoms with Crippen LogP contribution in [0.1, 0.15) is 45.8 Å². The average Bonchev–Trinajstić information content (AvgIpc) is 2.76. The van der Waals surface area contributed by atoms with Crippen LogP contribution < -0.4 is 10.6 Å². The Morgan fingerprint density at radius 1 is 1.38 bits per heavy atom. The Balaban J connectivity index is 0.00000220. The molecule has 1 atom stereocenters. The molecule has 21 heavy (non-hydrogen) atoms. The third-order valence-electron chi connectivity index (χ3n) is 3.58. The lowest BCUT2D eigenvalue weighted by Crippen LogP contribution is -2.45. The Labute approximate surface area is 136 Å². The summed E-state index contributed by atoms with van der Waals surface area (Å²) in [5, 5.41) is 6.26. The molecule has 1 amide bonds. The fourth-order valence-electron chi connectivity index (χ4n) is 2.54. The van der Waals surface area contributed by atoms with Gasteiger partial charge in [-0.1, -0.05) is 0 Å². The number of thiophene rings is 1. The molecule has 0 aromatic carbocycles. The molecule has 0 aliphatic carbocycles. The van der Waals surface area contributed by atoms with Crippen molar-refractivity contribution in [1.82, 2.24) is 10.6 Å². The molecule has 1 aromatic rings. The number of hydrogen-bond acceptors (Lipinski definition) is 4. The predicted molar refractivity (Wildman–Crippen MR) is 88.6 cm³/mol. The maximum Gasteiger partial charge on any atom is 0.220 e. The zero-order valence-corrected chi connectivity index (χ0v) is 14.2. The molecule has 1 aliphatic rings. The molecule has 2 heterocycles. The zero-order chi connectivity index (χ0) is 14.5. The quantitative estimate of drug-likeness (QED) is 0.816. The van der Waals surface area contributed by atoms with E-state index in [0.717, 1.165) is 41.2 Å². The number of halogens is 1. The highest BCUT2D eigenvalue weighted by Crippen LogP contribution is 2.22. The van der Waals surface area contributed by atoms with E-state index in [1.54, 1.807) is 11.3 Å². The lowest BCUT2D eigenvalue weighted by atomic mass is 10.1. The zero-order valence-electron chi connectivity index (χ0n) is 12.5. The summed E-state index contributed by atoms with van der Waals surface area (Å²) in [5.41, 5.74) is 0.777. The Bertz CT molecular complexity index is 496. The van der Waals surface area contributed by atoms with Crippen molar-refractivity contribution in [2.45, 2.75) is 45.6 Å². The second kappa shape index (κ2) is 8.51. The van der Waals surface area contributed by atoms with E-state index in [9.17, 15) is 9.59 Å². The minimum atomic E-state index is -0.0170. The van der Waals surface area contributed by atoms with Gasteiger partial charge in [0.15, 0.2) is 5.78 Å². The molecular weight excluding hydrogens is 308 g/mol. The molecule has 118 valence electrons. The summed E-state index contributed by atoms with van der Waals surface area (Å²) < 4.78 is 0. The fourth-order valence-corrected chi connectivity index (χ4v) is 3.49. The normalized spacial score (nSPS) is 17.9. The van der Waals surface area contributed by atoms with Gasteiger partial charge >= 0.3 is 0 Å². The smallest absolute Gasteiger partial charge is 0.220 e. The first-order valence-electron chi connectivity index (χ1n) is 7.16. The van der Waals surface area contributed by atoms with Crippen LogP contribution in [0.15, 0.2) is 6.07 Å². The lowest BCUT2D eigenvalue weighted by Gasteiger charge is -2.23. The van der Waals surface area contributed by atoms with Gasteiger partial charge in [0.25, 0.3) is 0 Å². The Morgan fingerprint density at radius 2 is 2.14 bits per heavy atom. The molecule has 1 fully saturated rings. The van der Waals surface area contributed by atoms with Gasteiger partial charge in [0.1, 0.15) is 0 Å².